The first-order chi connectivity index (χ1) is 17.0. The normalized spacial score (nSPS) is 17.5. The fraction of sp³-hybridized carbons (Fsp3) is 0.296. The van der Waals surface area contributed by atoms with Gasteiger partial charge in [-0.3, -0.25) is 9.78 Å². The zero-order valence-corrected chi connectivity index (χ0v) is 21.6. The molecule has 186 valence electrons. The number of amides is 1. The van der Waals surface area contributed by atoms with Crippen LogP contribution in [0.5, 0.6) is 5.75 Å². The molecule has 36 heavy (non-hydrogen) atoms. The van der Waals surface area contributed by atoms with E-state index in [1.54, 1.807) is 12.4 Å². The number of aryl methyl sites for hydroxylation is 1. The fourth-order valence-corrected chi connectivity index (χ4v) is 4.37. The van der Waals surface area contributed by atoms with Crippen LogP contribution in [0.15, 0.2) is 61.1 Å². The van der Waals surface area contributed by atoms with Crippen molar-refractivity contribution in [2.45, 2.75) is 39.7 Å². The summed E-state index contributed by atoms with van der Waals surface area (Å²) < 4.78 is 8.20. The van der Waals surface area contributed by atoms with Gasteiger partial charge in [0.2, 0.25) is 0 Å². The van der Waals surface area contributed by atoms with E-state index in [-0.39, 0.29) is 31.4 Å². The molecule has 4 aromatic rings. The second-order valence-electron chi connectivity index (χ2n) is 9.03. The number of aromatic nitrogens is 5. The summed E-state index contributed by atoms with van der Waals surface area (Å²) in [5, 5.41) is 11.3. The lowest BCUT2D eigenvalue weighted by atomic mass is 10.0. The molecule has 9 heteroatoms. The number of carbonyl (C=O) groups excluding carboxylic acids is 1. The average molecular weight is 503 g/mol. The van der Waals surface area contributed by atoms with Crippen molar-refractivity contribution >= 4 is 25.2 Å². The van der Waals surface area contributed by atoms with Crippen LogP contribution in [0.2, 0.25) is 0 Å². The van der Waals surface area contributed by atoms with Gasteiger partial charge in [-0.2, -0.15) is 13.5 Å². The third kappa shape index (κ3) is 5.26. The van der Waals surface area contributed by atoms with E-state index in [1.807, 2.05) is 53.2 Å². The van der Waals surface area contributed by atoms with Gasteiger partial charge in [0.25, 0.3) is 5.91 Å². The molecule has 0 unspecified atom stereocenters. The molecule has 1 aliphatic heterocycles. The van der Waals surface area contributed by atoms with E-state index in [0.29, 0.717) is 35.3 Å². The van der Waals surface area contributed by atoms with Gasteiger partial charge in [0.05, 0.1) is 12.2 Å². The van der Waals surface area contributed by atoms with Crippen molar-refractivity contribution < 1.29 is 9.53 Å². The Labute approximate surface area is 217 Å². The van der Waals surface area contributed by atoms with E-state index < -0.39 is 0 Å². The second kappa shape index (κ2) is 10.9. The van der Waals surface area contributed by atoms with Crippen molar-refractivity contribution in [3.05, 3.63) is 72.3 Å². The van der Waals surface area contributed by atoms with Crippen molar-refractivity contribution in [3.8, 4) is 28.4 Å². The van der Waals surface area contributed by atoms with Crippen LogP contribution in [0, 0.1) is 5.92 Å². The van der Waals surface area contributed by atoms with E-state index in [1.165, 1.54) is 0 Å². The van der Waals surface area contributed by atoms with E-state index in [4.69, 9.17) is 4.74 Å². The summed E-state index contributed by atoms with van der Waals surface area (Å²) in [5.41, 5.74) is 3.98. The Kier molecular flexibility index (Phi) is 7.69. The molecule has 1 aliphatic rings. The highest BCUT2D eigenvalue weighted by Crippen LogP contribution is 2.30. The van der Waals surface area contributed by atoms with Crippen LogP contribution in [0.25, 0.3) is 22.6 Å². The van der Waals surface area contributed by atoms with E-state index >= 15 is 0 Å². The molecule has 4 heterocycles. The molecule has 1 aromatic carbocycles. The first-order valence-electron chi connectivity index (χ1n) is 11.9. The molecule has 0 fully saturated rings. The Hall–Kier alpha value is -3.72. The molecule has 0 radical (unpaired) electrons. The maximum Gasteiger partial charge on any atom is 0.260 e. The molecule has 5 rings (SSSR count). The number of fused-ring (bicyclic) bond motifs is 5. The number of pyridine rings is 2. The Morgan fingerprint density at radius 3 is 2.72 bits per heavy atom. The predicted octanol–water partition coefficient (Wildman–Crippen LogP) is 5.31. The standard InChI is InChI=1S/C27H28N6O2.H2S/c1-4-21-10-8-20(14-28-21)19-9-11-24-22(13-19)27(34)31-25-7-5-6-23(30-25)26-32-29-16-33(26)18(3)12-17(2)15-35-24;/h5-11,13-14,16-18H,4,12,15H2,1-3H3,(H,30,31,34);1H2/t17-,18+;/m1./s1. The SMILES string of the molecule is CCc1ccc(-c2ccc3c(c2)C(=O)Nc2cccc(n2)-c2nncn2[C@@H](C)C[C@@H](C)CO3)cn1.S. The molecule has 8 nitrogen and oxygen atoms in total. The van der Waals surface area contributed by atoms with E-state index in [2.05, 4.69) is 46.3 Å². The summed E-state index contributed by atoms with van der Waals surface area (Å²) in [6.45, 7) is 6.83. The zero-order valence-electron chi connectivity index (χ0n) is 20.6. The van der Waals surface area contributed by atoms with E-state index in [9.17, 15) is 4.79 Å². The van der Waals surface area contributed by atoms with Crippen LogP contribution in [-0.4, -0.2) is 37.2 Å². The number of hydrogen-bond donors (Lipinski definition) is 1. The maximum atomic E-state index is 13.4. The van der Waals surface area contributed by atoms with Crippen LogP contribution in [-0.2, 0) is 6.42 Å². The highest BCUT2D eigenvalue weighted by atomic mass is 32.1. The number of rotatable bonds is 2. The lowest BCUT2D eigenvalue weighted by Crippen LogP contribution is -2.19. The van der Waals surface area contributed by atoms with E-state index in [0.717, 1.165) is 29.7 Å². The highest BCUT2D eigenvalue weighted by molar-refractivity contribution is 7.59. The van der Waals surface area contributed by atoms with Gasteiger partial charge in [-0.15, -0.1) is 10.2 Å². The summed E-state index contributed by atoms with van der Waals surface area (Å²) in [6, 6.07) is 15.4. The number of carbonyl (C=O) groups is 1. The molecule has 1 amide bonds. The molecule has 0 aliphatic carbocycles. The van der Waals surface area contributed by atoms with Crippen LogP contribution in [0.3, 0.4) is 0 Å². The summed E-state index contributed by atoms with van der Waals surface area (Å²) in [6.07, 6.45) is 5.30. The highest BCUT2D eigenvalue weighted by Gasteiger charge is 2.21. The average Bonchev–Trinajstić information content (AvgIpc) is 3.37. The Balaban J connectivity index is 0.00000304. The van der Waals surface area contributed by atoms with Crippen molar-refractivity contribution in [1.29, 1.82) is 0 Å². The number of ether oxygens (including phenoxy) is 1. The molecule has 3 aromatic heterocycles. The van der Waals surface area contributed by atoms with Crippen LogP contribution >= 0.6 is 13.5 Å². The number of nitrogens with zero attached hydrogens (tertiary/aromatic N) is 5. The van der Waals surface area contributed by atoms with Crippen LogP contribution in [0.4, 0.5) is 5.82 Å². The van der Waals surface area contributed by atoms with Gasteiger partial charge >= 0.3 is 0 Å². The van der Waals surface area contributed by atoms with Gasteiger partial charge in [-0.1, -0.05) is 32.0 Å². The van der Waals surface area contributed by atoms with Gasteiger partial charge in [-0.05, 0) is 61.6 Å². The van der Waals surface area contributed by atoms with Gasteiger partial charge in [0.15, 0.2) is 5.82 Å². The van der Waals surface area contributed by atoms with Crippen molar-refractivity contribution in [2.24, 2.45) is 5.92 Å². The number of anilines is 1. The lowest BCUT2D eigenvalue weighted by Gasteiger charge is -2.21. The zero-order chi connectivity index (χ0) is 24.4. The first-order valence-corrected chi connectivity index (χ1v) is 11.9. The summed E-state index contributed by atoms with van der Waals surface area (Å²) in [4.78, 5) is 22.6. The Morgan fingerprint density at radius 1 is 1.11 bits per heavy atom. The van der Waals surface area contributed by atoms with Gasteiger partial charge in [0, 0.05) is 23.5 Å². The van der Waals surface area contributed by atoms with Crippen molar-refractivity contribution in [1.82, 2.24) is 24.7 Å². The summed E-state index contributed by atoms with van der Waals surface area (Å²) >= 11 is 0. The van der Waals surface area contributed by atoms with Crippen molar-refractivity contribution in [3.63, 3.8) is 0 Å². The molecule has 2 bridgehead atoms. The molecule has 0 saturated heterocycles. The second-order valence-corrected chi connectivity index (χ2v) is 9.03. The maximum absolute atomic E-state index is 13.4. The Bertz CT molecular complexity index is 1350. The number of hydrogen-bond acceptors (Lipinski definition) is 6. The van der Waals surface area contributed by atoms with Gasteiger partial charge in [-0.25, -0.2) is 4.98 Å². The lowest BCUT2D eigenvalue weighted by molar-refractivity contribution is 0.102. The smallest absolute Gasteiger partial charge is 0.260 e. The van der Waals surface area contributed by atoms with Crippen LogP contribution in [0.1, 0.15) is 49.3 Å². The third-order valence-corrected chi connectivity index (χ3v) is 6.28. The molecular weight excluding hydrogens is 472 g/mol. The predicted molar refractivity (Wildman–Crippen MR) is 145 cm³/mol. The minimum absolute atomic E-state index is 0. The molecule has 0 spiro atoms. The number of benzene rings is 1. The molecule has 1 N–H and O–H groups in total. The fourth-order valence-electron chi connectivity index (χ4n) is 4.37. The summed E-state index contributed by atoms with van der Waals surface area (Å²) in [5.74, 6) is 1.60. The van der Waals surface area contributed by atoms with Gasteiger partial charge in [0.1, 0.15) is 23.6 Å². The Morgan fingerprint density at radius 2 is 1.94 bits per heavy atom. The minimum Gasteiger partial charge on any atom is -0.492 e. The van der Waals surface area contributed by atoms with Crippen molar-refractivity contribution in [2.75, 3.05) is 11.9 Å². The largest absolute Gasteiger partial charge is 0.492 e. The number of nitrogens with one attached hydrogen (secondary N) is 1. The quantitative estimate of drug-likeness (QED) is 0.399. The van der Waals surface area contributed by atoms with Gasteiger partial charge < -0.3 is 14.6 Å². The summed E-state index contributed by atoms with van der Waals surface area (Å²) in [7, 11) is 0. The minimum atomic E-state index is -0.288. The first kappa shape index (κ1) is 25.4. The molecular formula is C27H30N6O2S. The van der Waals surface area contributed by atoms with Crippen LogP contribution < -0.4 is 10.1 Å². The monoisotopic (exact) mass is 502 g/mol. The molecule has 2 atom stereocenters. The molecule has 0 saturated carbocycles. The third-order valence-electron chi connectivity index (χ3n) is 6.28. The topological polar surface area (TPSA) is 94.8 Å².